The Balaban J connectivity index is 2.66. The highest BCUT2D eigenvalue weighted by atomic mass is 32.2. The number of halogens is 3. The van der Waals surface area contributed by atoms with Crippen LogP contribution in [0.15, 0.2) is 23.2 Å². The molecule has 3 N–H and O–H groups in total. The van der Waals surface area contributed by atoms with Crippen LogP contribution in [0.4, 0.5) is 13.2 Å². The fourth-order valence-electron chi connectivity index (χ4n) is 1.39. The summed E-state index contributed by atoms with van der Waals surface area (Å²) in [4.78, 5) is 3.70. The summed E-state index contributed by atoms with van der Waals surface area (Å²) in [5.41, 5.74) is 5.53. The quantitative estimate of drug-likeness (QED) is 0.772. The van der Waals surface area contributed by atoms with Crippen molar-refractivity contribution in [1.82, 2.24) is 9.71 Å². The van der Waals surface area contributed by atoms with Gasteiger partial charge in [0.05, 0.1) is 5.69 Å². The zero-order valence-corrected chi connectivity index (χ0v) is 10.8. The summed E-state index contributed by atoms with van der Waals surface area (Å²) >= 11 is 0. The number of rotatable bonds is 6. The van der Waals surface area contributed by atoms with Gasteiger partial charge in [-0.05, 0) is 18.6 Å². The van der Waals surface area contributed by atoms with Gasteiger partial charge in [-0.25, -0.2) is 13.1 Å². The zero-order valence-electron chi connectivity index (χ0n) is 9.94. The van der Waals surface area contributed by atoms with Crippen molar-refractivity contribution < 1.29 is 21.6 Å². The maximum Gasteiger partial charge on any atom is 0.389 e. The van der Waals surface area contributed by atoms with E-state index in [4.69, 9.17) is 5.73 Å². The molecule has 9 heteroatoms. The van der Waals surface area contributed by atoms with Gasteiger partial charge in [-0.2, -0.15) is 13.2 Å². The van der Waals surface area contributed by atoms with E-state index in [1.807, 2.05) is 0 Å². The summed E-state index contributed by atoms with van der Waals surface area (Å²) in [7, 11) is -3.88. The molecule has 0 fully saturated rings. The molecule has 19 heavy (non-hydrogen) atoms. The number of nitrogens with zero attached hydrogens (tertiary/aromatic N) is 1. The number of nitrogens with two attached hydrogens (primary N) is 1. The van der Waals surface area contributed by atoms with Crippen molar-refractivity contribution in [3.8, 4) is 0 Å². The minimum atomic E-state index is -4.29. The summed E-state index contributed by atoms with van der Waals surface area (Å²) in [5.74, 6) is 0. The van der Waals surface area contributed by atoms with Crippen LogP contribution in [-0.4, -0.2) is 26.1 Å². The molecule has 0 aliphatic heterocycles. The van der Waals surface area contributed by atoms with Crippen LogP contribution < -0.4 is 10.5 Å². The first-order valence-corrected chi connectivity index (χ1v) is 6.95. The Morgan fingerprint density at radius 1 is 1.37 bits per heavy atom. The number of aromatic nitrogens is 1. The van der Waals surface area contributed by atoms with E-state index in [1.165, 1.54) is 18.3 Å². The number of alkyl halides is 3. The molecule has 0 saturated heterocycles. The van der Waals surface area contributed by atoms with Gasteiger partial charge >= 0.3 is 6.18 Å². The van der Waals surface area contributed by atoms with Crippen LogP contribution in [0.5, 0.6) is 0 Å². The van der Waals surface area contributed by atoms with Gasteiger partial charge in [0.25, 0.3) is 0 Å². The lowest BCUT2D eigenvalue weighted by molar-refractivity contribution is -0.135. The third kappa shape index (κ3) is 5.13. The van der Waals surface area contributed by atoms with Gasteiger partial charge in [0, 0.05) is 25.7 Å². The molecule has 1 rings (SSSR count). The van der Waals surface area contributed by atoms with Gasteiger partial charge < -0.3 is 5.73 Å². The third-order valence-electron chi connectivity index (χ3n) is 2.26. The summed E-state index contributed by atoms with van der Waals surface area (Å²) in [5, 5.41) is 0. The Morgan fingerprint density at radius 2 is 2.05 bits per heavy atom. The average molecular weight is 297 g/mol. The summed E-state index contributed by atoms with van der Waals surface area (Å²) in [6, 6.07) is 2.73. The third-order valence-corrected chi connectivity index (χ3v) is 3.80. The Kier molecular flexibility index (Phi) is 5.27. The van der Waals surface area contributed by atoms with E-state index in [1.54, 1.807) is 0 Å². The molecule has 1 aromatic heterocycles. The van der Waals surface area contributed by atoms with E-state index in [2.05, 4.69) is 9.71 Å². The summed E-state index contributed by atoms with van der Waals surface area (Å²) in [6.07, 6.45) is -4.25. The molecule has 0 aliphatic rings. The lowest BCUT2D eigenvalue weighted by Gasteiger charge is -2.10. The lowest BCUT2D eigenvalue weighted by atomic mass is 10.3. The van der Waals surface area contributed by atoms with Crippen molar-refractivity contribution in [2.75, 3.05) is 6.54 Å². The summed E-state index contributed by atoms with van der Waals surface area (Å²) < 4.78 is 61.5. The van der Waals surface area contributed by atoms with Crippen molar-refractivity contribution >= 4 is 10.0 Å². The molecule has 0 atom stereocenters. The van der Waals surface area contributed by atoms with Crippen molar-refractivity contribution in [3.05, 3.63) is 24.0 Å². The predicted octanol–water partition coefficient (Wildman–Crippen LogP) is 1.16. The number of hydrogen-bond acceptors (Lipinski definition) is 4. The molecule has 0 aliphatic carbocycles. The van der Waals surface area contributed by atoms with Crippen molar-refractivity contribution in [3.63, 3.8) is 0 Å². The molecule has 0 aromatic carbocycles. The number of hydrogen-bond donors (Lipinski definition) is 2. The van der Waals surface area contributed by atoms with Crippen LogP contribution in [0.25, 0.3) is 0 Å². The number of sulfonamides is 1. The van der Waals surface area contributed by atoms with Crippen LogP contribution in [0.1, 0.15) is 18.5 Å². The Morgan fingerprint density at radius 3 is 2.63 bits per heavy atom. The largest absolute Gasteiger partial charge is 0.389 e. The van der Waals surface area contributed by atoms with Crippen LogP contribution in [0, 0.1) is 0 Å². The standard InChI is InChI=1S/C10H14F3N3O2S/c11-10(12,13)4-2-6-16-19(17,18)9-3-1-5-15-8(9)7-14/h1,3,5,16H,2,4,6-7,14H2. The van der Waals surface area contributed by atoms with Crippen molar-refractivity contribution in [1.29, 1.82) is 0 Å². The molecule has 0 unspecified atom stereocenters. The Bertz CT molecular complexity index is 517. The Labute approximate surface area is 109 Å². The minimum absolute atomic E-state index is 0.0698. The average Bonchev–Trinajstić information content (AvgIpc) is 2.33. The molecule has 0 bridgehead atoms. The summed E-state index contributed by atoms with van der Waals surface area (Å²) in [6.45, 7) is -0.361. The van der Waals surface area contributed by atoms with Crippen LogP contribution in [-0.2, 0) is 16.6 Å². The molecular formula is C10H14F3N3O2S. The molecule has 108 valence electrons. The topological polar surface area (TPSA) is 85.1 Å². The SMILES string of the molecule is NCc1ncccc1S(=O)(=O)NCCCC(F)(F)F. The molecule has 5 nitrogen and oxygen atoms in total. The fraction of sp³-hybridized carbons (Fsp3) is 0.500. The molecule has 0 amide bonds. The second kappa shape index (κ2) is 6.31. The maximum absolute atomic E-state index is 11.9. The highest BCUT2D eigenvalue weighted by molar-refractivity contribution is 7.89. The van der Waals surface area contributed by atoms with Gasteiger partial charge in [-0.3, -0.25) is 4.98 Å². The molecule has 1 heterocycles. The van der Waals surface area contributed by atoms with Gasteiger partial charge in [0.1, 0.15) is 4.90 Å². The highest BCUT2D eigenvalue weighted by Gasteiger charge is 2.26. The van der Waals surface area contributed by atoms with E-state index in [9.17, 15) is 21.6 Å². The zero-order chi connectivity index (χ0) is 14.5. The smallest absolute Gasteiger partial charge is 0.325 e. The van der Waals surface area contributed by atoms with Gasteiger partial charge in [0.15, 0.2) is 0 Å². The first-order chi connectivity index (χ1) is 8.76. The van der Waals surface area contributed by atoms with E-state index < -0.39 is 22.6 Å². The first kappa shape index (κ1) is 15.9. The van der Waals surface area contributed by atoms with E-state index in [0.29, 0.717) is 0 Å². The first-order valence-electron chi connectivity index (χ1n) is 5.46. The van der Waals surface area contributed by atoms with Crippen LogP contribution in [0.3, 0.4) is 0 Å². The van der Waals surface area contributed by atoms with E-state index in [-0.39, 0.29) is 30.1 Å². The minimum Gasteiger partial charge on any atom is -0.325 e. The maximum atomic E-state index is 11.9. The monoisotopic (exact) mass is 297 g/mol. The predicted molar refractivity (Wildman–Crippen MR) is 62.6 cm³/mol. The molecular weight excluding hydrogens is 283 g/mol. The number of pyridine rings is 1. The molecule has 0 saturated carbocycles. The number of nitrogens with one attached hydrogen (secondary N) is 1. The molecule has 0 radical (unpaired) electrons. The second-order valence-electron chi connectivity index (χ2n) is 3.77. The van der Waals surface area contributed by atoms with Crippen molar-refractivity contribution in [2.45, 2.75) is 30.5 Å². The Hall–Kier alpha value is -1.19. The molecule has 1 aromatic rings. The van der Waals surface area contributed by atoms with E-state index in [0.717, 1.165) is 0 Å². The van der Waals surface area contributed by atoms with Gasteiger partial charge in [-0.1, -0.05) is 0 Å². The van der Waals surface area contributed by atoms with E-state index >= 15 is 0 Å². The van der Waals surface area contributed by atoms with Crippen LogP contribution in [0.2, 0.25) is 0 Å². The second-order valence-corrected chi connectivity index (χ2v) is 5.50. The normalized spacial score (nSPS) is 12.6. The van der Waals surface area contributed by atoms with Gasteiger partial charge in [-0.15, -0.1) is 0 Å². The van der Waals surface area contributed by atoms with Crippen LogP contribution >= 0.6 is 0 Å². The fourth-order valence-corrected chi connectivity index (χ4v) is 2.67. The van der Waals surface area contributed by atoms with Crippen molar-refractivity contribution in [2.24, 2.45) is 5.73 Å². The lowest BCUT2D eigenvalue weighted by Crippen LogP contribution is -2.27. The highest BCUT2D eigenvalue weighted by Crippen LogP contribution is 2.21. The van der Waals surface area contributed by atoms with Gasteiger partial charge in [0.2, 0.25) is 10.0 Å². The molecule has 0 spiro atoms.